The van der Waals surface area contributed by atoms with Gasteiger partial charge in [0.25, 0.3) is 0 Å². The van der Waals surface area contributed by atoms with Crippen LogP contribution in [0.2, 0.25) is 0 Å². The number of carbonyl (C=O) groups excluding carboxylic acids is 1. The Labute approximate surface area is 200 Å². The van der Waals surface area contributed by atoms with E-state index in [4.69, 9.17) is 9.47 Å². The lowest BCUT2D eigenvalue weighted by atomic mass is 10.1. The van der Waals surface area contributed by atoms with Crippen molar-refractivity contribution in [3.63, 3.8) is 0 Å². The van der Waals surface area contributed by atoms with E-state index in [1.165, 1.54) is 13.1 Å². The SMILES string of the molecule is CCc1cc(Nc2cc(NC(C)=O)ncc2-c2ncc([C@@H]3COCCO3)cn2)nc(C(C)(F)F)n1. The molecular weight excluding hydrogens is 460 g/mol. The highest BCUT2D eigenvalue weighted by molar-refractivity contribution is 5.89. The van der Waals surface area contributed by atoms with E-state index >= 15 is 0 Å². The second-order valence-corrected chi connectivity index (χ2v) is 8.01. The van der Waals surface area contributed by atoms with E-state index in [2.05, 4.69) is 35.6 Å². The summed E-state index contributed by atoms with van der Waals surface area (Å²) in [4.78, 5) is 32.6. The molecule has 0 aliphatic carbocycles. The van der Waals surface area contributed by atoms with Crippen molar-refractivity contribution in [2.45, 2.75) is 39.2 Å². The topological polar surface area (TPSA) is 124 Å². The molecule has 4 rings (SSSR count). The summed E-state index contributed by atoms with van der Waals surface area (Å²) in [6, 6.07) is 3.14. The maximum atomic E-state index is 14.0. The van der Waals surface area contributed by atoms with Gasteiger partial charge in [0, 0.05) is 55.8 Å². The number of amides is 1. The van der Waals surface area contributed by atoms with Crippen LogP contribution in [0, 0.1) is 0 Å². The molecule has 2 N–H and O–H groups in total. The molecule has 1 saturated heterocycles. The molecule has 0 saturated carbocycles. The molecule has 10 nitrogen and oxygen atoms in total. The van der Waals surface area contributed by atoms with Crippen LogP contribution in [0.4, 0.5) is 26.1 Å². The summed E-state index contributed by atoms with van der Waals surface area (Å²) in [7, 11) is 0. The summed E-state index contributed by atoms with van der Waals surface area (Å²) in [5.41, 5.74) is 2.11. The Morgan fingerprint density at radius 1 is 1.11 bits per heavy atom. The molecule has 0 aromatic carbocycles. The van der Waals surface area contributed by atoms with Gasteiger partial charge in [-0.1, -0.05) is 6.92 Å². The van der Waals surface area contributed by atoms with Crippen LogP contribution in [0.1, 0.15) is 44.0 Å². The summed E-state index contributed by atoms with van der Waals surface area (Å²) in [5, 5.41) is 5.66. The Balaban J connectivity index is 1.71. The van der Waals surface area contributed by atoms with Gasteiger partial charge in [-0.2, -0.15) is 8.78 Å². The molecule has 1 fully saturated rings. The van der Waals surface area contributed by atoms with Crippen LogP contribution >= 0.6 is 0 Å². The van der Waals surface area contributed by atoms with Crippen LogP contribution in [0.3, 0.4) is 0 Å². The fraction of sp³-hybridized carbons (Fsp3) is 0.391. The number of rotatable bonds is 7. The van der Waals surface area contributed by atoms with E-state index in [0.717, 1.165) is 12.5 Å². The van der Waals surface area contributed by atoms with Crippen LogP contribution in [0.25, 0.3) is 11.4 Å². The molecule has 0 bridgehead atoms. The second kappa shape index (κ2) is 10.3. The summed E-state index contributed by atoms with van der Waals surface area (Å²) in [6.07, 6.45) is 4.96. The molecule has 184 valence electrons. The third kappa shape index (κ3) is 6.08. The standard InChI is InChI=1S/C23H25F2N7O3/c1-4-15-7-20(32-22(30-15)23(3,24)25)31-17-8-19(29-13(2)33)26-11-16(17)21-27-9-14(10-28-21)18-12-34-5-6-35-18/h7-11,18H,4-6,12H2,1-3H3,(H2,26,29,30,31,32,33)/t18-/m0/s1. The van der Waals surface area contributed by atoms with Crippen LogP contribution in [0.5, 0.6) is 0 Å². The molecule has 3 aromatic rings. The molecule has 1 aliphatic heterocycles. The Kier molecular flexibility index (Phi) is 7.22. The van der Waals surface area contributed by atoms with E-state index in [0.29, 0.717) is 49.0 Å². The summed E-state index contributed by atoms with van der Waals surface area (Å²) >= 11 is 0. The molecule has 0 radical (unpaired) electrons. The number of hydrogen-bond acceptors (Lipinski definition) is 9. The fourth-order valence-corrected chi connectivity index (χ4v) is 3.39. The molecule has 4 heterocycles. The maximum Gasteiger partial charge on any atom is 0.303 e. The number of hydrogen-bond donors (Lipinski definition) is 2. The smallest absolute Gasteiger partial charge is 0.303 e. The highest BCUT2D eigenvalue weighted by atomic mass is 19.3. The van der Waals surface area contributed by atoms with Gasteiger partial charge in [0.15, 0.2) is 5.82 Å². The molecule has 3 aromatic heterocycles. The van der Waals surface area contributed by atoms with Crippen molar-refractivity contribution in [2.75, 3.05) is 30.5 Å². The number of carbonyl (C=O) groups is 1. The van der Waals surface area contributed by atoms with Gasteiger partial charge in [-0.15, -0.1) is 0 Å². The Bertz CT molecular complexity index is 1200. The molecular formula is C23H25F2N7O3. The van der Waals surface area contributed by atoms with Crippen molar-refractivity contribution < 1.29 is 23.0 Å². The van der Waals surface area contributed by atoms with Crippen molar-refractivity contribution in [3.05, 3.63) is 47.8 Å². The monoisotopic (exact) mass is 485 g/mol. The highest BCUT2D eigenvalue weighted by Crippen LogP contribution is 2.31. The van der Waals surface area contributed by atoms with Crippen molar-refractivity contribution in [1.29, 1.82) is 0 Å². The van der Waals surface area contributed by atoms with Gasteiger partial charge >= 0.3 is 5.92 Å². The normalized spacial score (nSPS) is 16.1. The number of halogens is 2. The van der Waals surface area contributed by atoms with E-state index in [1.54, 1.807) is 24.5 Å². The lowest BCUT2D eigenvalue weighted by Crippen LogP contribution is -2.22. The van der Waals surface area contributed by atoms with Gasteiger partial charge in [0.1, 0.15) is 17.7 Å². The Morgan fingerprint density at radius 3 is 2.51 bits per heavy atom. The predicted molar refractivity (Wildman–Crippen MR) is 123 cm³/mol. The van der Waals surface area contributed by atoms with Gasteiger partial charge in [-0.25, -0.2) is 24.9 Å². The first-order valence-electron chi connectivity index (χ1n) is 11.1. The number of alkyl halides is 2. The number of nitrogens with one attached hydrogen (secondary N) is 2. The summed E-state index contributed by atoms with van der Waals surface area (Å²) < 4.78 is 39.1. The van der Waals surface area contributed by atoms with Crippen molar-refractivity contribution >= 4 is 23.2 Å². The van der Waals surface area contributed by atoms with Gasteiger partial charge in [0.05, 0.1) is 31.1 Å². The highest BCUT2D eigenvalue weighted by Gasteiger charge is 2.29. The molecule has 0 unspecified atom stereocenters. The van der Waals surface area contributed by atoms with Gasteiger partial charge in [-0.3, -0.25) is 4.79 Å². The zero-order valence-corrected chi connectivity index (χ0v) is 19.5. The van der Waals surface area contributed by atoms with Crippen molar-refractivity contribution in [3.8, 4) is 11.4 Å². The molecule has 1 amide bonds. The maximum absolute atomic E-state index is 14.0. The fourth-order valence-electron chi connectivity index (χ4n) is 3.39. The number of pyridine rings is 1. The molecule has 0 spiro atoms. The van der Waals surface area contributed by atoms with E-state index < -0.39 is 11.7 Å². The minimum absolute atomic E-state index is 0.166. The van der Waals surface area contributed by atoms with Crippen LogP contribution in [-0.2, 0) is 26.6 Å². The van der Waals surface area contributed by atoms with E-state index in [1.807, 2.05) is 6.92 Å². The Hall–Kier alpha value is -3.64. The van der Waals surface area contributed by atoms with Gasteiger partial charge in [0.2, 0.25) is 11.7 Å². The van der Waals surface area contributed by atoms with Crippen molar-refractivity contribution in [1.82, 2.24) is 24.9 Å². The number of aryl methyl sites for hydroxylation is 1. The van der Waals surface area contributed by atoms with Gasteiger partial charge in [-0.05, 0) is 6.42 Å². The number of aromatic nitrogens is 5. The molecule has 1 aliphatic rings. The number of anilines is 3. The first kappa shape index (κ1) is 24.5. The third-order valence-corrected chi connectivity index (χ3v) is 5.11. The van der Waals surface area contributed by atoms with E-state index in [-0.39, 0.29) is 23.6 Å². The van der Waals surface area contributed by atoms with Gasteiger partial charge < -0.3 is 20.1 Å². The lowest BCUT2D eigenvalue weighted by molar-refractivity contribution is -0.114. The van der Waals surface area contributed by atoms with Crippen molar-refractivity contribution in [2.24, 2.45) is 0 Å². The third-order valence-electron chi connectivity index (χ3n) is 5.11. The largest absolute Gasteiger partial charge is 0.376 e. The first-order chi connectivity index (χ1) is 16.7. The number of nitrogens with zero attached hydrogens (tertiary/aromatic N) is 5. The summed E-state index contributed by atoms with van der Waals surface area (Å²) in [6.45, 7) is 5.37. The number of ether oxygens (including phenoxy) is 2. The van der Waals surface area contributed by atoms with E-state index in [9.17, 15) is 13.6 Å². The van der Waals surface area contributed by atoms with Crippen LogP contribution in [-0.4, -0.2) is 50.6 Å². The average molecular weight is 485 g/mol. The zero-order valence-electron chi connectivity index (χ0n) is 19.5. The average Bonchev–Trinajstić information content (AvgIpc) is 2.84. The molecule has 12 heteroatoms. The lowest BCUT2D eigenvalue weighted by Gasteiger charge is -2.22. The second-order valence-electron chi connectivity index (χ2n) is 8.01. The Morgan fingerprint density at radius 2 is 1.89 bits per heavy atom. The first-order valence-corrected chi connectivity index (χ1v) is 11.1. The minimum atomic E-state index is -3.21. The minimum Gasteiger partial charge on any atom is -0.376 e. The summed E-state index contributed by atoms with van der Waals surface area (Å²) in [5.74, 6) is -3.35. The quantitative estimate of drug-likeness (QED) is 0.514. The predicted octanol–water partition coefficient (Wildman–Crippen LogP) is 3.79. The van der Waals surface area contributed by atoms with Crippen LogP contribution < -0.4 is 10.6 Å². The van der Waals surface area contributed by atoms with Crippen LogP contribution in [0.15, 0.2) is 30.7 Å². The zero-order chi connectivity index (χ0) is 25.0. The molecule has 1 atom stereocenters. The molecule has 35 heavy (non-hydrogen) atoms.